The molecule has 0 radical (unpaired) electrons. The van der Waals surface area contributed by atoms with Gasteiger partial charge in [-0.15, -0.1) is 0 Å². The third-order valence-corrected chi connectivity index (χ3v) is 3.70. The lowest BCUT2D eigenvalue weighted by Crippen LogP contribution is -2.20. The number of sulfonamides is 1. The molecule has 7 heteroatoms. The van der Waals surface area contributed by atoms with E-state index in [1.807, 2.05) is 0 Å². The van der Waals surface area contributed by atoms with Crippen LogP contribution in [-0.4, -0.2) is 14.2 Å². The van der Waals surface area contributed by atoms with Crippen LogP contribution < -0.4 is 4.72 Å². The van der Waals surface area contributed by atoms with Gasteiger partial charge in [0.15, 0.2) is 0 Å². The summed E-state index contributed by atoms with van der Waals surface area (Å²) in [6.07, 6.45) is 0. The van der Waals surface area contributed by atoms with E-state index in [1.165, 1.54) is 6.07 Å². The molecule has 84 valence electrons. The smallest absolute Gasteiger partial charge is 0.278 e. The van der Waals surface area contributed by atoms with Crippen LogP contribution in [0.2, 0.25) is 0 Å². The van der Waals surface area contributed by atoms with Crippen molar-refractivity contribution in [1.82, 2.24) is 0 Å². The number of hydrogen-bond acceptors (Lipinski definition) is 2. The van der Waals surface area contributed by atoms with Crippen LogP contribution in [0.4, 0.5) is 14.5 Å². The van der Waals surface area contributed by atoms with Gasteiger partial charge in [-0.2, -0.15) is 8.78 Å². The molecule has 1 N–H and O–H groups in total. The van der Waals surface area contributed by atoms with Gasteiger partial charge in [-0.25, -0.2) is 8.42 Å². The van der Waals surface area contributed by atoms with Gasteiger partial charge < -0.3 is 0 Å². The quantitative estimate of drug-likeness (QED) is 0.933. The van der Waals surface area contributed by atoms with Crippen LogP contribution in [0.25, 0.3) is 0 Å². The minimum atomic E-state index is -4.60. The van der Waals surface area contributed by atoms with E-state index >= 15 is 0 Å². The van der Waals surface area contributed by atoms with Crippen molar-refractivity contribution < 1.29 is 17.2 Å². The van der Waals surface area contributed by atoms with Crippen molar-refractivity contribution in [1.29, 1.82) is 0 Å². The average molecular weight is 300 g/mol. The zero-order chi connectivity index (χ0) is 11.6. The van der Waals surface area contributed by atoms with Gasteiger partial charge in [-0.3, -0.25) is 4.72 Å². The van der Waals surface area contributed by atoms with Gasteiger partial charge in [-0.1, -0.05) is 12.1 Å². The zero-order valence-corrected chi connectivity index (χ0v) is 10.1. The van der Waals surface area contributed by atoms with Crippen molar-refractivity contribution in [2.75, 3.05) is 4.72 Å². The number of anilines is 1. The molecule has 15 heavy (non-hydrogen) atoms. The Balaban J connectivity index is 3.06. The first kappa shape index (κ1) is 12.4. The summed E-state index contributed by atoms with van der Waals surface area (Å²) in [6.45, 7) is 1.73. The Bertz CT molecular complexity index is 462. The van der Waals surface area contributed by atoms with E-state index in [-0.39, 0.29) is 5.69 Å². The van der Waals surface area contributed by atoms with Crippen molar-refractivity contribution in [2.45, 2.75) is 12.7 Å². The maximum absolute atomic E-state index is 12.1. The zero-order valence-electron chi connectivity index (χ0n) is 7.67. The minimum absolute atomic E-state index is 0.107. The highest BCUT2D eigenvalue weighted by molar-refractivity contribution is 9.10. The molecule has 0 atom stereocenters. The van der Waals surface area contributed by atoms with Gasteiger partial charge in [0.2, 0.25) is 0 Å². The molecule has 3 nitrogen and oxygen atoms in total. The first-order valence-corrected chi connectivity index (χ1v) is 6.23. The average Bonchev–Trinajstić information content (AvgIpc) is 2.12. The summed E-state index contributed by atoms with van der Waals surface area (Å²) >= 11 is 3.11. The highest BCUT2D eigenvalue weighted by Gasteiger charge is 2.24. The summed E-state index contributed by atoms with van der Waals surface area (Å²) in [4.78, 5) is 0. The fourth-order valence-corrected chi connectivity index (χ4v) is 1.98. The Kier molecular flexibility index (Phi) is 3.67. The van der Waals surface area contributed by atoms with Crippen LogP contribution >= 0.6 is 15.9 Å². The van der Waals surface area contributed by atoms with Crippen LogP contribution in [0.15, 0.2) is 22.7 Å². The molecular weight excluding hydrogens is 292 g/mol. The number of alkyl halides is 2. The van der Waals surface area contributed by atoms with E-state index in [0.29, 0.717) is 4.47 Å². The molecule has 0 bridgehead atoms. The maximum Gasteiger partial charge on any atom is 0.355 e. The van der Waals surface area contributed by atoms with Gasteiger partial charge in [-0.05, 0) is 34.5 Å². The SMILES string of the molecule is Cc1cccc(NS(=O)(=O)C(F)F)c1Br. The Morgan fingerprint density at radius 3 is 2.53 bits per heavy atom. The predicted molar refractivity (Wildman–Crippen MR) is 57.4 cm³/mol. The lowest BCUT2D eigenvalue weighted by atomic mass is 10.2. The van der Waals surface area contributed by atoms with Crippen molar-refractivity contribution in [2.24, 2.45) is 0 Å². The molecule has 0 saturated carbocycles. The molecule has 0 spiro atoms. The standard InChI is InChI=1S/C8H8BrF2NO2S/c1-5-3-2-4-6(7(5)9)12-15(13,14)8(10)11/h2-4,8,12H,1H3. The van der Waals surface area contributed by atoms with E-state index in [4.69, 9.17) is 0 Å². The van der Waals surface area contributed by atoms with E-state index in [0.717, 1.165) is 5.56 Å². The van der Waals surface area contributed by atoms with E-state index in [1.54, 1.807) is 23.8 Å². The number of aryl methyl sites for hydroxylation is 1. The van der Waals surface area contributed by atoms with Gasteiger partial charge in [0.05, 0.1) is 5.69 Å². The van der Waals surface area contributed by atoms with Crippen LogP contribution in [0.3, 0.4) is 0 Å². The third kappa shape index (κ3) is 2.88. The summed E-state index contributed by atoms with van der Waals surface area (Å²) in [7, 11) is -4.60. The number of rotatable bonds is 3. The molecule has 0 unspecified atom stereocenters. The van der Waals surface area contributed by atoms with E-state index in [9.17, 15) is 17.2 Å². The van der Waals surface area contributed by atoms with Crippen LogP contribution in [0, 0.1) is 6.92 Å². The maximum atomic E-state index is 12.1. The number of benzene rings is 1. The lowest BCUT2D eigenvalue weighted by molar-refractivity contribution is 0.236. The molecule has 0 heterocycles. The lowest BCUT2D eigenvalue weighted by Gasteiger charge is -2.09. The molecule has 1 aromatic rings. The number of halogens is 3. The fraction of sp³-hybridized carbons (Fsp3) is 0.250. The molecule has 1 rings (SSSR count). The first-order valence-electron chi connectivity index (χ1n) is 3.89. The first-order chi connectivity index (χ1) is 6.84. The van der Waals surface area contributed by atoms with Gasteiger partial charge in [0, 0.05) is 4.47 Å². The van der Waals surface area contributed by atoms with Crippen molar-refractivity contribution in [3.63, 3.8) is 0 Å². The van der Waals surface area contributed by atoms with Crippen molar-refractivity contribution >= 4 is 31.6 Å². The number of hydrogen-bond donors (Lipinski definition) is 1. The molecule has 0 aromatic heterocycles. The molecule has 0 aliphatic carbocycles. The second-order valence-electron chi connectivity index (χ2n) is 2.84. The Hall–Kier alpha value is -0.690. The molecular formula is C8H8BrF2NO2S. The van der Waals surface area contributed by atoms with E-state index in [2.05, 4.69) is 15.9 Å². The van der Waals surface area contributed by atoms with Crippen LogP contribution in [0.1, 0.15) is 5.56 Å². The molecule has 0 aliphatic rings. The number of nitrogens with one attached hydrogen (secondary N) is 1. The molecule has 0 saturated heterocycles. The molecule has 0 aliphatic heterocycles. The largest absolute Gasteiger partial charge is 0.355 e. The second kappa shape index (κ2) is 4.44. The van der Waals surface area contributed by atoms with Gasteiger partial charge in [0.1, 0.15) is 0 Å². The summed E-state index contributed by atoms with van der Waals surface area (Å²) in [5, 5.41) is 0. The predicted octanol–water partition coefficient (Wildman–Crippen LogP) is 2.72. The molecule has 0 fully saturated rings. The van der Waals surface area contributed by atoms with Crippen molar-refractivity contribution in [3.8, 4) is 0 Å². The normalized spacial score (nSPS) is 11.8. The third-order valence-electron chi connectivity index (χ3n) is 1.68. The van der Waals surface area contributed by atoms with Gasteiger partial charge >= 0.3 is 5.76 Å². The van der Waals surface area contributed by atoms with Crippen LogP contribution in [-0.2, 0) is 10.0 Å². The highest BCUT2D eigenvalue weighted by Crippen LogP contribution is 2.27. The van der Waals surface area contributed by atoms with Crippen molar-refractivity contribution in [3.05, 3.63) is 28.2 Å². The summed E-state index contributed by atoms with van der Waals surface area (Å²) < 4.78 is 48.1. The van der Waals surface area contributed by atoms with Gasteiger partial charge in [0.25, 0.3) is 10.0 Å². The molecule has 0 amide bonds. The summed E-state index contributed by atoms with van der Waals surface area (Å²) in [6, 6.07) is 4.70. The minimum Gasteiger partial charge on any atom is -0.278 e. The Morgan fingerprint density at radius 2 is 2.00 bits per heavy atom. The van der Waals surface area contributed by atoms with Crippen LogP contribution in [0.5, 0.6) is 0 Å². The Labute approximate surface area is 94.7 Å². The second-order valence-corrected chi connectivity index (χ2v) is 5.29. The topological polar surface area (TPSA) is 46.2 Å². The monoisotopic (exact) mass is 299 g/mol. The summed E-state index contributed by atoms with van der Waals surface area (Å²) in [5.74, 6) is -3.44. The van der Waals surface area contributed by atoms with E-state index < -0.39 is 15.8 Å². The highest BCUT2D eigenvalue weighted by atomic mass is 79.9. The summed E-state index contributed by atoms with van der Waals surface area (Å²) in [5.41, 5.74) is 0.861. The fourth-order valence-electron chi connectivity index (χ4n) is 0.924. The molecule has 1 aromatic carbocycles. The Morgan fingerprint density at radius 1 is 1.40 bits per heavy atom.